The monoisotopic (exact) mass is 333 g/mol. The standard InChI is InChI=1S/C20H19N3O2/c1-13(24)2-5-16-10-22-20-18(16)8-17(11-23-20)15-6-7-19(21-9-15)25-12-14-3-4-14/h2,5-11,14H,3-4,12H2,1H3,(H,22,23)/b5-2+. The molecule has 25 heavy (non-hydrogen) atoms. The summed E-state index contributed by atoms with van der Waals surface area (Å²) in [5.41, 5.74) is 3.70. The quantitative estimate of drug-likeness (QED) is 0.692. The summed E-state index contributed by atoms with van der Waals surface area (Å²) in [6, 6.07) is 5.95. The van der Waals surface area contributed by atoms with Gasteiger partial charge in [0, 0.05) is 46.7 Å². The number of nitrogens with zero attached hydrogens (tertiary/aromatic N) is 2. The molecular weight excluding hydrogens is 314 g/mol. The molecule has 3 aromatic rings. The average Bonchev–Trinajstić information content (AvgIpc) is 3.37. The molecular formula is C20H19N3O2. The maximum absolute atomic E-state index is 11.2. The average molecular weight is 333 g/mol. The summed E-state index contributed by atoms with van der Waals surface area (Å²) in [7, 11) is 0. The molecule has 0 atom stereocenters. The molecule has 5 nitrogen and oxygen atoms in total. The van der Waals surface area contributed by atoms with Crippen molar-refractivity contribution in [2.45, 2.75) is 19.8 Å². The van der Waals surface area contributed by atoms with Gasteiger partial charge in [0.05, 0.1) is 6.61 Å². The Morgan fingerprint density at radius 2 is 2.12 bits per heavy atom. The van der Waals surface area contributed by atoms with Crippen LogP contribution in [0, 0.1) is 5.92 Å². The highest BCUT2D eigenvalue weighted by atomic mass is 16.5. The lowest BCUT2D eigenvalue weighted by molar-refractivity contribution is -0.112. The fourth-order valence-electron chi connectivity index (χ4n) is 2.65. The summed E-state index contributed by atoms with van der Waals surface area (Å²) < 4.78 is 5.68. The van der Waals surface area contributed by atoms with Crippen LogP contribution in [-0.2, 0) is 4.79 Å². The Kier molecular flexibility index (Phi) is 4.06. The van der Waals surface area contributed by atoms with Gasteiger partial charge in [-0.05, 0) is 50.0 Å². The lowest BCUT2D eigenvalue weighted by atomic mass is 10.1. The minimum Gasteiger partial charge on any atom is -0.477 e. The fraction of sp³-hybridized carbons (Fsp3) is 0.250. The molecule has 0 aromatic carbocycles. The number of fused-ring (bicyclic) bond motifs is 1. The number of hydrogen-bond acceptors (Lipinski definition) is 4. The van der Waals surface area contributed by atoms with E-state index in [1.54, 1.807) is 12.2 Å². The zero-order valence-electron chi connectivity index (χ0n) is 14.0. The number of carbonyl (C=O) groups is 1. The van der Waals surface area contributed by atoms with Crippen LogP contribution in [0.15, 0.2) is 42.9 Å². The van der Waals surface area contributed by atoms with Gasteiger partial charge in [0.2, 0.25) is 5.88 Å². The molecule has 0 aliphatic heterocycles. The van der Waals surface area contributed by atoms with Crippen molar-refractivity contribution in [3.05, 3.63) is 48.4 Å². The lowest BCUT2D eigenvalue weighted by Crippen LogP contribution is -2.00. The van der Waals surface area contributed by atoms with Crippen LogP contribution in [0.25, 0.3) is 28.2 Å². The predicted molar refractivity (Wildman–Crippen MR) is 97.3 cm³/mol. The van der Waals surface area contributed by atoms with E-state index in [2.05, 4.69) is 21.0 Å². The summed E-state index contributed by atoms with van der Waals surface area (Å²) in [5, 5.41) is 0.976. The molecule has 1 fully saturated rings. The second-order valence-electron chi connectivity index (χ2n) is 6.45. The second-order valence-corrected chi connectivity index (χ2v) is 6.45. The number of hydrogen-bond donors (Lipinski definition) is 1. The molecule has 3 aromatic heterocycles. The first kappa shape index (κ1) is 15.6. The minimum atomic E-state index is 0.0180. The number of carbonyl (C=O) groups excluding carboxylic acids is 1. The number of aromatic amines is 1. The molecule has 0 amide bonds. The third kappa shape index (κ3) is 3.60. The summed E-state index contributed by atoms with van der Waals surface area (Å²) >= 11 is 0. The molecule has 0 bridgehead atoms. The molecule has 1 N–H and O–H groups in total. The van der Waals surface area contributed by atoms with Gasteiger partial charge in [-0.1, -0.05) is 0 Å². The van der Waals surface area contributed by atoms with Crippen molar-refractivity contribution in [2.24, 2.45) is 5.92 Å². The summed E-state index contributed by atoms with van der Waals surface area (Å²) in [5.74, 6) is 1.39. The Labute approximate surface area is 145 Å². The van der Waals surface area contributed by atoms with Crippen molar-refractivity contribution < 1.29 is 9.53 Å². The number of H-pyrrole nitrogens is 1. The van der Waals surface area contributed by atoms with Gasteiger partial charge in [-0.25, -0.2) is 9.97 Å². The lowest BCUT2D eigenvalue weighted by Gasteiger charge is -2.06. The number of allylic oxidation sites excluding steroid dienone is 1. The Morgan fingerprint density at radius 3 is 2.84 bits per heavy atom. The van der Waals surface area contributed by atoms with E-state index in [9.17, 15) is 4.79 Å². The summed E-state index contributed by atoms with van der Waals surface area (Å²) in [6.45, 7) is 2.29. The number of pyridine rings is 2. The predicted octanol–water partition coefficient (Wildman–Crippen LogP) is 4.02. The number of ketones is 1. The van der Waals surface area contributed by atoms with Crippen LogP contribution in [0.3, 0.4) is 0 Å². The molecule has 5 heteroatoms. The topological polar surface area (TPSA) is 67.9 Å². The van der Waals surface area contributed by atoms with E-state index in [-0.39, 0.29) is 5.78 Å². The highest BCUT2D eigenvalue weighted by Gasteiger charge is 2.22. The maximum Gasteiger partial charge on any atom is 0.213 e. The molecule has 126 valence electrons. The van der Waals surface area contributed by atoms with Crippen molar-refractivity contribution in [3.63, 3.8) is 0 Å². The molecule has 1 aliphatic rings. The van der Waals surface area contributed by atoms with Gasteiger partial charge >= 0.3 is 0 Å². The van der Waals surface area contributed by atoms with Crippen molar-refractivity contribution in [3.8, 4) is 17.0 Å². The third-order valence-electron chi connectivity index (χ3n) is 4.29. The van der Waals surface area contributed by atoms with Gasteiger partial charge in [0.1, 0.15) is 5.65 Å². The van der Waals surface area contributed by atoms with E-state index in [0.717, 1.165) is 34.3 Å². The number of ether oxygens (including phenoxy) is 1. The zero-order chi connectivity index (χ0) is 17.2. The molecule has 1 aliphatic carbocycles. The molecule has 1 saturated carbocycles. The van der Waals surface area contributed by atoms with Crippen LogP contribution >= 0.6 is 0 Å². The molecule has 0 radical (unpaired) electrons. The highest BCUT2D eigenvalue weighted by molar-refractivity contribution is 5.96. The van der Waals surface area contributed by atoms with Crippen LogP contribution in [0.4, 0.5) is 0 Å². The van der Waals surface area contributed by atoms with E-state index < -0.39 is 0 Å². The van der Waals surface area contributed by atoms with Crippen LogP contribution in [0.2, 0.25) is 0 Å². The van der Waals surface area contributed by atoms with E-state index >= 15 is 0 Å². The molecule has 0 spiro atoms. The third-order valence-corrected chi connectivity index (χ3v) is 4.29. The van der Waals surface area contributed by atoms with Crippen LogP contribution in [0.1, 0.15) is 25.3 Å². The largest absolute Gasteiger partial charge is 0.477 e. The van der Waals surface area contributed by atoms with Gasteiger partial charge in [-0.3, -0.25) is 4.79 Å². The SMILES string of the molecule is CC(=O)/C=C/c1c[nH]c2ncc(-c3ccc(OCC4CC4)nc3)cc12. The van der Waals surface area contributed by atoms with Crippen LogP contribution < -0.4 is 4.74 Å². The fourth-order valence-corrected chi connectivity index (χ4v) is 2.65. The molecule has 3 heterocycles. The summed E-state index contributed by atoms with van der Waals surface area (Å²) in [6.07, 6.45) is 11.4. The van der Waals surface area contributed by atoms with E-state index in [4.69, 9.17) is 4.74 Å². The van der Waals surface area contributed by atoms with Crippen molar-refractivity contribution in [1.82, 2.24) is 15.0 Å². The number of aromatic nitrogens is 3. The van der Waals surface area contributed by atoms with Crippen molar-refractivity contribution in [1.29, 1.82) is 0 Å². The molecule has 4 rings (SSSR count). The van der Waals surface area contributed by atoms with Crippen molar-refractivity contribution in [2.75, 3.05) is 6.61 Å². The van der Waals surface area contributed by atoms with Gasteiger partial charge < -0.3 is 9.72 Å². The van der Waals surface area contributed by atoms with E-state index in [0.29, 0.717) is 11.8 Å². The van der Waals surface area contributed by atoms with Gasteiger partial charge in [-0.15, -0.1) is 0 Å². The Hall–Kier alpha value is -2.95. The number of nitrogens with one attached hydrogen (secondary N) is 1. The second kappa shape index (κ2) is 6.51. The molecule has 0 saturated heterocycles. The minimum absolute atomic E-state index is 0.0180. The Morgan fingerprint density at radius 1 is 1.28 bits per heavy atom. The first-order chi connectivity index (χ1) is 12.2. The van der Waals surface area contributed by atoms with Crippen molar-refractivity contribution >= 4 is 22.9 Å². The van der Waals surface area contributed by atoms with E-state index in [1.807, 2.05) is 30.7 Å². The number of rotatable bonds is 6. The maximum atomic E-state index is 11.2. The first-order valence-corrected chi connectivity index (χ1v) is 8.44. The van der Waals surface area contributed by atoms with Gasteiger partial charge in [0.15, 0.2) is 5.78 Å². The molecule has 0 unspecified atom stereocenters. The van der Waals surface area contributed by atoms with Gasteiger partial charge in [0.25, 0.3) is 0 Å². The first-order valence-electron chi connectivity index (χ1n) is 8.44. The highest BCUT2D eigenvalue weighted by Crippen LogP contribution is 2.30. The Bertz CT molecular complexity index is 937. The van der Waals surface area contributed by atoms with Crippen LogP contribution in [-0.4, -0.2) is 27.3 Å². The van der Waals surface area contributed by atoms with Crippen LogP contribution in [0.5, 0.6) is 5.88 Å². The normalized spacial score (nSPS) is 14.3. The van der Waals surface area contributed by atoms with Gasteiger partial charge in [-0.2, -0.15) is 0 Å². The van der Waals surface area contributed by atoms with E-state index in [1.165, 1.54) is 19.8 Å². The smallest absolute Gasteiger partial charge is 0.213 e. The summed E-state index contributed by atoms with van der Waals surface area (Å²) in [4.78, 5) is 23.1. The zero-order valence-corrected chi connectivity index (χ0v) is 14.0. The Balaban J connectivity index is 1.59.